The summed E-state index contributed by atoms with van der Waals surface area (Å²) in [6.45, 7) is 2.07. The summed E-state index contributed by atoms with van der Waals surface area (Å²) < 4.78 is 12.4. The SMILES string of the molecule is NC1CCCN2C(=O)CCCCOc3ccccc3C3CCC(CC3)OCC12. The van der Waals surface area contributed by atoms with Crippen LogP contribution in [-0.4, -0.2) is 48.8 Å². The number of benzene rings is 1. The minimum atomic E-state index is 0.0307. The van der Waals surface area contributed by atoms with Crippen molar-refractivity contribution in [3.8, 4) is 5.75 Å². The summed E-state index contributed by atoms with van der Waals surface area (Å²) in [6, 6.07) is 8.53. The molecule has 2 unspecified atom stereocenters. The van der Waals surface area contributed by atoms with E-state index in [1.54, 1.807) is 0 Å². The van der Waals surface area contributed by atoms with Crippen LogP contribution in [0, 0.1) is 0 Å². The van der Waals surface area contributed by atoms with Gasteiger partial charge in [0.05, 0.1) is 25.4 Å². The maximum atomic E-state index is 12.8. The van der Waals surface area contributed by atoms with Crippen molar-refractivity contribution in [2.45, 2.75) is 81.9 Å². The fourth-order valence-corrected chi connectivity index (χ4v) is 5.04. The van der Waals surface area contributed by atoms with Crippen LogP contribution in [0.15, 0.2) is 24.3 Å². The van der Waals surface area contributed by atoms with Gasteiger partial charge in [0.15, 0.2) is 0 Å². The highest BCUT2D eigenvalue weighted by molar-refractivity contribution is 5.76. The van der Waals surface area contributed by atoms with Gasteiger partial charge in [0, 0.05) is 19.0 Å². The zero-order chi connectivity index (χ0) is 19.3. The lowest BCUT2D eigenvalue weighted by atomic mass is 9.82. The first-order valence-corrected chi connectivity index (χ1v) is 11.1. The van der Waals surface area contributed by atoms with Gasteiger partial charge >= 0.3 is 0 Å². The van der Waals surface area contributed by atoms with Crippen LogP contribution in [0.2, 0.25) is 0 Å². The van der Waals surface area contributed by atoms with Crippen molar-refractivity contribution in [2.75, 3.05) is 19.8 Å². The van der Waals surface area contributed by atoms with Gasteiger partial charge in [-0.2, -0.15) is 0 Å². The highest BCUT2D eigenvalue weighted by Crippen LogP contribution is 2.38. The average molecular weight is 387 g/mol. The molecule has 0 spiro atoms. The molecule has 1 aromatic carbocycles. The Kier molecular flexibility index (Phi) is 6.53. The van der Waals surface area contributed by atoms with E-state index in [0.29, 0.717) is 25.6 Å². The minimum Gasteiger partial charge on any atom is -0.493 e. The summed E-state index contributed by atoms with van der Waals surface area (Å²) >= 11 is 0. The molecule has 0 aromatic heterocycles. The maximum absolute atomic E-state index is 12.8. The van der Waals surface area contributed by atoms with E-state index in [1.165, 1.54) is 5.56 Å². The van der Waals surface area contributed by atoms with Crippen molar-refractivity contribution in [3.63, 3.8) is 0 Å². The molecule has 1 aliphatic carbocycles. The van der Waals surface area contributed by atoms with Gasteiger partial charge in [-0.3, -0.25) is 4.79 Å². The Morgan fingerprint density at radius 1 is 1.00 bits per heavy atom. The first-order chi connectivity index (χ1) is 13.7. The van der Waals surface area contributed by atoms with Crippen molar-refractivity contribution in [1.29, 1.82) is 0 Å². The fourth-order valence-electron chi connectivity index (χ4n) is 5.04. The second-order valence-corrected chi connectivity index (χ2v) is 8.61. The number of nitrogens with two attached hydrogens (primary N) is 1. The number of carbonyl (C=O) groups is 1. The van der Waals surface area contributed by atoms with E-state index in [2.05, 4.69) is 24.3 Å². The Morgan fingerprint density at radius 3 is 2.68 bits per heavy atom. The van der Waals surface area contributed by atoms with E-state index in [4.69, 9.17) is 15.2 Å². The summed E-state index contributed by atoms with van der Waals surface area (Å²) in [6.07, 6.45) is 8.96. The highest BCUT2D eigenvalue weighted by atomic mass is 16.5. The molecule has 3 aliphatic heterocycles. The predicted octanol–water partition coefficient (Wildman–Crippen LogP) is 3.61. The normalized spacial score (nSPS) is 32.3. The molecule has 3 heterocycles. The summed E-state index contributed by atoms with van der Waals surface area (Å²) in [5.41, 5.74) is 7.73. The van der Waals surface area contributed by atoms with Crippen LogP contribution in [0.5, 0.6) is 5.75 Å². The second kappa shape index (κ2) is 9.27. The third kappa shape index (κ3) is 4.52. The maximum Gasteiger partial charge on any atom is 0.222 e. The van der Waals surface area contributed by atoms with Gasteiger partial charge < -0.3 is 20.1 Å². The molecular formula is C23H34N2O3. The zero-order valence-electron chi connectivity index (χ0n) is 16.9. The van der Waals surface area contributed by atoms with Crippen LogP contribution < -0.4 is 10.5 Å². The molecule has 1 saturated heterocycles. The first kappa shape index (κ1) is 19.7. The quantitative estimate of drug-likeness (QED) is 0.740. The second-order valence-electron chi connectivity index (χ2n) is 8.61. The molecule has 1 aromatic rings. The summed E-state index contributed by atoms with van der Waals surface area (Å²) in [7, 11) is 0. The molecule has 2 N–H and O–H groups in total. The van der Waals surface area contributed by atoms with Crippen molar-refractivity contribution >= 4 is 5.91 Å². The molecule has 4 aliphatic rings. The topological polar surface area (TPSA) is 64.8 Å². The van der Waals surface area contributed by atoms with Gasteiger partial charge in [-0.15, -0.1) is 0 Å². The predicted molar refractivity (Wildman–Crippen MR) is 109 cm³/mol. The molecule has 28 heavy (non-hydrogen) atoms. The molecule has 5 nitrogen and oxygen atoms in total. The van der Waals surface area contributed by atoms with Crippen molar-refractivity contribution in [1.82, 2.24) is 4.90 Å². The van der Waals surface area contributed by atoms with Crippen molar-refractivity contribution in [3.05, 3.63) is 29.8 Å². The lowest BCUT2D eigenvalue weighted by Gasteiger charge is -2.41. The molecule has 2 atom stereocenters. The molecule has 1 amide bonds. The van der Waals surface area contributed by atoms with E-state index >= 15 is 0 Å². The lowest BCUT2D eigenvalue weighted by Crippen LogP contribution is -2.56. The molecular weight excluding hydrogens is 352 g/mol. The Morgan fingerprint density at radius 2 is 1.82 bits per heavy atom. The minimum absolute atomic E-state index is 0.0307. The van der Waals surface area contributed by atoms with Gasteiger partial charge in [0.2, 0.25) is 5.91 Å². The Labute approximate surface area is 168 Å². The number of carbonyl (C=O) groups excluding carboxylic acids is 1. The lowest BCUT2D eigenvalue weighted by molar-refractivity contribution is -0.138. The van der Waals surface area contributed by atoms with Gasteiger partial charge in [-0.25, -0.2) is 0 Å². The van der Waals surface area contributed by atoms with E-state index in [1.807, 2.05) is 4.90 Å². The Hall–Kier alpha value is -1.59. The number of piperidine rings is 1. The molecule has 2 fully saturated rings. The van der Waals surface area contributed by atoms with Crippen molar-refractivity contribution in [2.24, 2.45) is 5.73 Å². The number of ether oxygens (including phenoxy) is 2. The Bertz CT molecular complexity index is 657. The number of hydrogen-bond donors (Lipinski definition) is 1. The molecule has 2 bridgehead atoms. The van der Waals surface area contributed by atoms with Gasteiger partial charge in [0.1, 0.15) is 5.75 Å². The third-order valence-electron chi connectivity index (χ3n) is 6.73. The average Bonchev–Trinajstić information content (AvgIpc) is 2.72. The van der Waals surface area contributed by atoms with Gasteiger partial charge in [0.25, 0.3) is 0 Å². The van der Waals surface area contributed by atoms with Gasteiger partial charge in [-0.05, 0) is 68.9 Å². The van der Waals surface area contributed by atoms with Crippen LogP contribution in [0.25, 0.3) is 0 Å². The number of rotatable bonds is 0. The highest BCUT2D eigenvalue weighted by Gasteiger charge is 2.33. The van der Waals surface area contributed by atoms with Crippen molar-refractivity contribution < 1.29 is 14.3 Å². The summed E-state index contributed by atoms with van der Waals surface area (Å²) in [4.78, 5) is 14.8. The van der Waals surface area contributed by atoms with E-state index in [-0.39, 0.29) is 24.1 Å². The molecule has 5 rings (SSSR count). The summed E-state index contributed by atoms with van der Waals surface area (Å²) in [5, 5.41) is 0. The first-order valence-electron chi connectivity index (χ1n) is 11.1. The smallest absolute Gasteiger partial charge is 0.222 e. The van der Waals surface area contributed by atoms with E-state index in [9.17, 15) is 4.79 Å². The molecule has 0 radical (unpaired) electrons. The zero-order valence-corrected chi connectivity index (χ0v) is 16.9. The number of nitrogens with zero attached hydrogens (tertiary/aromatic N) is 1. The van der Waals surface area contributed by atoms with Crippen LogP contribution >= 0.6 is 0 Å². The Balaban J connectivity index is 1.49. The number of hydrogen-bond acceptors (Lipinski definition) is 4. The van der Waals surface area contributed by atoms with Crippen LogP contribution in [0.4, 0.5) is 0 Å². The molecule has 154 valence electrons. The standard InChI is InChI=1S/C23H34N2O3/c24-20-7-5-14-25-21(20)16-28-18-12-10-17(11-13-18)19-6-1-2-8-22(19)27-15-4-3-9-23(25)26/h1-2,6,8,17-18,20-21H,3-5,7,9-16,24H2. The van der Waals surface area contributed by atoms with Crippen LogP contribution in [0.3, 0.4) is 0 Å². The largest absolute Gasteiger partial charge is 0.493 e. The van der Waals surface area contributed by atoms with Crippen LogP contribution in [-0.2, 0) is 9.53 Å². The van der Waals surface area contributed by atoms with Crippen LogP contribution in [0.1, 0.15) is 69.3 Å². The third-order valence-corrected chi connectivity index (χ3v) is 6.73. The molecule has 5 heteroatoms. The number of amides is 1. The van der Waals surface area contributed by atoms with E-state index < -0.39 is 0 Å². The monoisotopic (exact) mass is 386 g/mol. The number of fused-ring (bicyclic) bond motifs is 8. The van der Waals surface area contributed by atoms with E-state index in [0.717, 1.165) is 63.7 Å². The number of para-hydroxylation sites is 1. The fraction of sp³-hybridized carbons (Fsp3) is 0.696. The summed E-state index contributed by atoms with van der Waals surface area (Å²) in [5.74, 6) is 1.80. The molecule has 1 saturated carbocycles. The van der Waals surface area contributed by atoms with Gasteiger partial charge in [-0.1, -0.05) is 18.2 Å².